The van der Waals surface area contributed by atoms with Crippen LogP contribution in [-0.4, -0.2) is 4.98 Å². The van der Waals surface area contributed by atoms with Crippen LogP contribution in [0.1, 0.15) is 63.6 Å². The quantitative estimate of drug-likeness (QED) is 0.468. The van der Waals surface area contributed by atoms with Gasteiger partial charge in [0.15, 0.2) is 0 Å². The van der Waals surface area contributed by atoms with E-state index in [4.69, 9.17) is 4.98 Å². The van der Waals surface area contributed by atoms with E-state index in [2.05, 4.69) is 45.2 Å². The van der Waals surface area contributed by atoms with Crippen LogP contribution in [0.3, 0.4) is 0 Å². The minimum absolute atomic E-state index is 0.402. The van der Waals surface area contributed by atoms with Gasteiger partial charge in [-0.2, -0.15) is 0 Å². The van der Waals surface area contributed by atoms with Crippen molar-refractivity contribution >= 4 is 5.57 Å². The predicted molar refractivity (Wildman–Crippen MR) is 96.8 cm³/mol. The van der Waals surface area contributed by atoms with Gasteiger partial charge in [-0.3, -0.25) is 4.98 Å². The predicted octanol–water partition coefficient (Wildman–Crippen LogP) is 6.16. The average molecular weight is 295 g/mol. The Balaban J connectivity index is 2.22. The maximum atomic E-state index is 4.76. The summed E-state index contributed by atoms with van der Waals surface area (Å²) < 4.78 is 0. The van der Waals surface area contributed by atoms with Crippen molar-refractivity contribution in [2.24, 2.45) is 11.8 Å². The first-order valence-electron chi connectivity index (χ1n) is 8.47. The molecule has 0 N–H and O–H groups in total. The van der Waals surface area contributed by atoms with Crippen molar-refractivity contribution in [2.75, 3.05) is 0 Å². The van der Waals surface area contributed by atoms with E-state index in [1.165, 1.54) is 37.0 Å². The number of rotatable bonds is 5. The molecule has 0 aromatic carbocycles. The molecule has 1 aliphatic rings. The molecule has 118 valence electrons. The van der Waals surface area contributed by atoms with Gasteiger partial charge in [0.1, 0.15) is 0 Å². The molecule has 0 spiro atoms. The van der Waals surface area contributed by atoms with E-state index in [1.54, 1.807) is 0 Å². The van der Waals surface area contributed by atoms with Crippen LogP contribution in [0.25, 0.3) is 5.57 Å². The number of hydrogen-bond donors (Lipinski definition) is 0. The fourth-order valence-corrected chi connectivity index (χ4v) is 3.68. The summed E-state index contributed by atoms with van der Waals surface area (Å²) >= 11 is 0. The largest absolute Gasteiger partial charge is 0.260 e. The van der Waals surface area contributed by atoms with E-state index in [0.29, 0.717) is 11.8 Å². The van der Waals surface area contributed by atoms with Gasteiger partial charge in [0.2, 0.25) is 0 Å². The van der Waals surface area contributed by atoms with Gasteiger partial charge in [0, 0.05) is 17.8 Å². The number of allylic oxidation sites excluding steroid dienone is 4. The van der Waals surface area contributed by atoms with Crippen molar-refractivity contribution in [1.29, 1.82) is 0 Å². The van der Waals surface area contributed by atoms with Gasteiger partial charge in [0.25, 0.3) is 0 Å². The highest BCUT2D eigenvalue weighted by Gasteiger charge is 2.28. The van der Waals surface area contributed by atoms with Gasteiger partial charge in [-0.1, -0.05) is 56.7 Å². The Labute approximate surface area is 135 Å². The van der Waals surface area contributed by atoms with Crippen molar-refractivity contribution in [3.8, 4) is 0 Å². The SMILES string of the molecule is C=C/C(=C\C)c1ccc(C(C(=C)C)C2CCC(C)CC2)nc1. The van der Waals surface area contributed by atoms with Crippen LogP contribution < -0.4 is 0 Å². The van der Waals surface area contributed by atoms with Crippen molar-refractivity contribution in [2.45, 2.75) is 52.4 Å². The van der Waals surface area contributed by atoms with Gasteiger partial charge in [-0.15, -0.1) is 0 Å². The smallest absolute Gasteiger partial charge is 0.0478 e. The summed E-state index contributed by atoms with van der Waals surface area (Å²) in [6.07, 6.45) is 11.2. The zero-order valence-corrected chi connectivity index (χ0v) is 14.3. The third-order valence-corrected chi connectivity index (χ3v) is 5.03. The third kappa shape index (κ3) is 3.76. The lowest BCUT2D eigenvalue weighted by Crippen LogP contribution is -2.21. The summed E-state index contributed by atoms with van der Waals surface area (Å²) in [6.45, 7) is 14.7. The molecule has 1 atom stereocenters. The van der Waals surface area contributed by atoms with Gasteiger partial charge in [0.05, 0.1) is 0 Å². The number of hydrogen-bond acceptors (Lipinski definition) is 1. The van der Waals surface area contributed by atoms with E-state index >= 15 is 0 Å². The van der Waals surface area contributed by atoms with E-state index < -0.39 is 0 Å². The molecule has 0 bridgehead atoms. The molecule has 1 nitrogen and oxygen atoms in total. The minimum Gasteiger partial charge on any atom is -0.260 e. The summed E-state index contributed by atoms with van der Waals surface area (Å²) in [5, 5.41) is 0. The van der Waals surface area contributed by atoms with E-state index in [-0.39, 0.29) is 0 Å². The molecule has 0 amide bonds. The monoisotopic (exact) mass is 295 g/mol. The lowest BCUT2D eigenvalue weighted by Gasteiger charge is -2.33. The molecule has 0 saturated heterocycles. The van der Waals surface area contributed by atoms with Crippen LogP contribution in [0, 0.1) is 11.8 Å². The van der Waals surface area contributed by atoms with Crippen molar-refractivity contribution in [1.82, 2.24) is 4.98 Å². The highest BCUT2D eigenvalue weighted by atomic mass is 14.7. The lowest BCUT2D eigenvalue weighted by atomic mass is 9.73. The number of aromatic nitrogens is 1. The van der Waals surface area contributed by atoms with Crippen LogP contribution in [0.5, 0.6) is 0 Å². The van der Waals surface area contributed by atoms with Crippen LogP contribution in [0.15, 0.2) is 49.2 Å². The lowest BCUT2D eigenvalue weighted by molar-refractivity contribution is 0.266. The van der Waals surface area contributed by atoms with Crippen LogP contribution >= 0.6 is 0 Å². The molecule has 1 unspecified atom stereocenters. The van der Waals surface area contributed by atoms with Crippen LogP contribution in [0.2, 0.25) is 0 Å². The molecule has 2 rings (SSSR count). The highest BCUT2D eigenvalue weighted by Crippen LogP contribution is 2.40. The summed E-state index contributed by atoms with van der Waals surface area (Å²) in [5.41, 5.74) is 4.70. The molecule has 1 fully saturated rings. The Kier molecular flexibility index (Phi) is 5.76. The second kappa shape index (κ2) is 7.58. The average Bonchev–Trinajstić information content (AvgIpc) is 2.52. The van der Waals surface area contributed by atoms with Gasteiger partial charge < -0.3 is 0 Å². The Morgan fingerprint density at radius 2 is 1.95 bits per heavy atom. The Bertz CT molecular complexity index is 542. The summed E-state index contributed by atoms with van der Waals surface area (Å²) in [7, 11) is 0. The highest BCUT2D eigenvalue weighted by molar-refractivity contribution is 5.72. The van der Waals surface area contributed by atoms with E-state index in [1.807, 2.05) is 19.2 Å². The first-order chi connectivity index (χ1) is 10.6. The molecule has 22 heavy (non-hydrogen) atoms. The number of pyridine rings is 1. The minimum atomic E-state index is 0.402. The third-order valence-electron chi connectivity index (χ3n) is 5.03. The maximum Gasteiger partial charge on any atom is 0.0478 e. The Hall–Kier alpha value is -1.63. The zero-order valence-electron chi connectivity index (χ0n) is 14.3. The van der Waals surface area contributed by atoms with Crippen molar-refractivity contribution in [3.63, 3.8) is 0 Å². The van der Waals surface area contributed by atoms with E-state index in [9.17, 15) is 0 Å². The fourth-order valence-electron chi connectivity index (χ4n) is 3.68. The van der Waals surface area contributed by atoms with Crippen LogP contribution in [0.4, 0.5) is 0 Å². The molecule has 0 radical (unpaired) electrons. The normalized spacial score (nSPS) is 23.9. The zero-order chi connectivity index (χ0) is 16.1. The molecular formula is C21H29N. The maximum absolute atomic E-state index is 4.76. The fraction of sp³-hybridized carbons (Fsp3) is 0.476. The molecule has 1 heterocycles. The number of nitrogens with zero attached hydrogens (tertiary/aromatic N) is 1. The topological polar surface area (TPSA) is 12.9 Å². The first kappa shape index (κ1) is 16.7. The molecule has 1 aliphatic carbocycles. The van der Waals surface area contributed by atoms with Gasteiger partial charge in [-0.25, -0.2) is 0 Å². The molecule has 1 heteroatoms. The van der Waals surface area contributed by atoms with Gasteiger partial charge in [-0.05, 0) is 55.7 Å². The molecule has 1 aromatic heterocycles. The summed E-state index contributed by atoms with van der Waals surface area (Å²) in [6, 6.07) is 4.35. The Morgan fingerprint density at radius 3 is 2.41 bits per heavy atom. The van der Waals surface area contributed by atoms with Gasteiger partial charge >= 0.3 is 0 Å². The summed E-state index contributed by atoms with van der Waals surface area (Å²) in [5.74, 6) is 1.98. The van der Waals surface area contributed by atoms with Crippen molar-refractivity contribution in [3.05, 3.63) is 60.5 Å². The standard InChI is InChI=1S/C21H29N/c1-6-17(7-2)19-12-13-20(22-14-19)21(15(3)4)18-10-8-16(5)9-11-18/h6-7,12-14,16,18,21H,1,3,8-11H2,2,4-5H3/b17-7+. The Morgan fingerprint density at radius 1 is 1.27 bits per heavy atom. The second-order valence-electron chi connectivity index (χ2n) is 6.76. The molecule has 0 aliphatic heterocycles. The molecule has 1 aromatic rings. The molecular weight excluding hydrogens is 266 g/mol. The van der Waals surface area contributed by atoms with E-state index in [0.717, 1.165) is 17.1 Å². The van der Waals surface area contributed by atoms with Crippen molar-refractivity contribution < 1.29 is 0 Å². The molecule has 1 saturated carbocycles. The van der Waals surface area contributed by atoms with Crippen LogP contribution in [-0.2, 0) is 0 Å². The summed E-state index contributed by atoms with van der Waals surface area (Å²) in [4.78, 5) is 4.76. The second-order valence-corrected chi connectivity index (χ2v) is 6.76. The first-order valence-corrected chi connectivity index (χ1v) is 8.47.